The molecule has 2 amide bonds. The average molecular weight is 427 g/mol. The topological polar surface area (TPSA) is 62.6 Å². The van der Waals surface area contributed by atoms with Gasteiger partial charge >= 0.3 is 0 Å². The highest BCUT2D eigenvalue weighted by Gasteiger charge is 2.35. The lowest BCUT2D eigenvalue weighted by Gasteiger charge is -2.31. The summed E-state index contributed by atoms with van der Waals surface area (Å²) in [5.74, 6) is -0.0268. The van der Waals surface area contributed by atoms with Gasteiger partial charge in [-0.2, -0.15) is 0 Å². The van der Waals surface area contributed by atoms with Crippen molar-refractivity contribution in [3.8, 4) is 0 Å². The number of hydrogen-bond donors (Lipinski definition) is 1. The van der Waals surface area contributed by atoms with Gasteiger partial charge in [0.25, 0.3) is 5.91 Å². The van der Waals surface area contributed by atoms with E-state index in [-0.39, 0.29) is 23.6 Å². The molecule has 0 aromatic carbocycles. The number of carbonyl (C=O) groups is 2. The molecule has 0 bridgehead atoms. The third kappa shape index (κ3) is 5.04. The van der Waals surface area contributed by atoms with Crippen LogP contribution in [-0.2, 0) is 4.79 Å². The van der Waals surface area contributed by atoms with Crippen LogP contribution in [0.4, 0.5) is 0 Å². The summed E-state index contributed by atoms with van der Waals surface area (Å²) in [5, 5.41) is 5.18. The number of hydrogen-bond acceptors (Lipinski definition) is 4. The van der Waals surface area contributed by atoms with Crippen LogP contribution in [0.25, 0.3) is 0 Å². The van der Waals surface area contributed by atoms with Crippen LogP contribution in [0.1, 0.15) is 79.3 Å². The first-order valence-electron chi connectivity index (χ1n) is 11.1. The Bertz CT molecular complexity index is 851. The maximum atomic E-state index is 13.4. The molecule has 30 heavy (non-hydrogen) atoms. The van der Waals surface area contributed by atoms with Crippen molar-refractivity contribution in [3.05, 3.63) is 58.2 Å². The number of rotatable bonds is 8. The maximum absolute atomic E-state index is 13.4. The van der Waals surface area contributed by atoms with Crippen LogP contribution >= 0.6 is 11.3 Å². The monoisotopic (exact) mass is 426 g/mol. The van der Waals surface area contributed by atoms with Gasteiger partial charge in [-0.25, -0.2) is 0 Å². The number of amides is 2. The van der Waals surface area contributed by atoms with Gasteiger partial charge < -0.3 is 14.6 Å². The molecule has 1 N–H and O–H groups in total. The van der Waals surface area contributed by atoms with Crippen LogP contribution in [0, 0.1) is 0 Å². The Hall–Kier alpha value is -2.34. The molecule has 2 aromatic heterocycles. The van der Waals surface area contributed by atoms with E-state index in [2.05, 4.69) is 11.4 Å². The van der Waals surface area contributed by atoms with E-state index >= 15 is 0 Å². The summed E-state index contributed by atoms with van der Waals surface area (Å²) in [6.45, 7) is 0.506. The summed E-state index contributed by atoms with van der Waals surface area (Å²) in [6, 6.07) is 6.86. The number of thiophene rings is 1. The minimum atomic E-state index is -0.632. The Labute approximate surface area is 182 Å². The van der Waals surface area contributed by atoms with Crippen LogP contribution in [0.15, 0.2) is 52.0 Å². The van der Waals surface area contributed by atoms with Gasteiger partial charge in [0, 0.05) is 17.5 Å². The summed E-state index contributed by atoms with van der Waals surface area (Å²) in [5.41, 5.74) is 1.39. The number of carbonyl (C=O) groups excluding carboxylic acids is 2. The van der Waals surface area contributed by atoms with Crippen molar-refractivity contribution in [2.45, 2.75) is 69.9 Å². The van der Waals surface area contributed by atoms with Crippen molar-refractivity contribution in [1.82, 2.24) is 10.2 Å². The van der Waals surface area contributed by atoms with Gasteiger partial charge in [-0.3, -0.25) is 9.59 Å². The lowest BCUT2D eigenvalue weighted by molar-refractivity contribution is -0.126. The molecule has 1 atom stereocenters. The van der Waals surface area contributed by atoms with Gasteiger partial charge in [-0.05, 0) is 68.5 Å². The molecule has 160 valence electrons. The van der Waals surface area contributed by atoms with E-state index < -0.39 is 6.04 Å². The molecule has 5 nitrogen and oxygen atoms in total. The molecule has 6 heteroatoms. The minimum absolute atomic E-state index is 0.0816. The quantitative estimate of drug-likeness (QED) is 0.569. The van der Waals surface area contributed by atoms with Crippen molar-refractivity contribution < 1.29 is 14.0 Å². The zero-order valence-corrected chi connectivity index (χ0v) is 18.2. The van der Waals surface area contributed by atoms with Gasteiger partial charge in [-0.1, -0.05) is 30.6 Å². The van der Waals surface area contributed by atoms with Gasteiger partial charge in [0.1, 0.15) is 6.04 Å². The number of nitrogens with one attached hydrogen (secondary N) is 1. The third-order valence-corrected chi connectivity index (χ3v) is 7.05. The summed E-state index contributed by atoms with van der Waals surface area (Å²) >= 11 is 1.52. The van der Waals surface area contributed by atoms with Crippen LogP contribution in [-0.4, -0.2) is 29.3 Å². The molecule has 0 unspecified atom stereocenters. The fraction of sp³-hybridized carbons (Fsp3) is 0.500. The Kier molecular flexibility index (Phi) is 7.05. The second-order valence-corrected chi connectivity index (χ2v) is 9.22. The van der Waals surface area contributed by atoms with E-state index in [9.17, 15) is 9.59 Å². The molecular weight excluding hydrogens is 396 g/mol. The first-order valence-corrected chi connectivity index (χ1v) is 12.0. The highest BCUT2D eigenvalue weighted by molar-refractivity contribution is 7.10. The largest absolute Gasteiger partial charge is 0.459 e. The zero-order chi connectivity index (χ0) is 20.8. The van der Waals surface area contributed by atoms with E-state index in [1.807, 2.05) is 17.5 Å². The van der Waals surface area contributed by atoms with Gasteiger partial charge in [-0.15, -0.1) is 11.3 Å². The molecular formula is C24H30N2O3S. The molecule has 0 radical (unpaired) electrons. The summed E-state index contributed by atoms with van der Waals surface area (Å²) in [6.07, 6.45) is 13.6. The van der Waals surface area contributed by atoms with E-state index in [0.717, 1.165) is 49.8 Å². The number of furan rings is 1. The van der Waals surface area contributed by atoms with Crippen molar-refractivity contribution in [1.29, 1.82) is 0 Å². The van der Waals surface area contributed by atoms with E-state index in [1.165, 1.54) is 36.0 Å². The number of allylic oxidation sites excluding steroid dienone is 1. The zero-order valence-electron chi connectivity index (χ0n) is 17.3. The molecule has 0 saturated heterocycles. The molecule has 2 aliphatic carbocycles. The van der Waals surface area contributed by atoms with E-state index in [1.54, 1.807) is 17.0 Å². The second-order valence-electron chi connectivity index (χ2n) is 8.24. The molecule has 2 aliphatic rings. The minimum Gasteiger partial charge on any atom is -0.459 e. The predicted molar refractivity (Wildman–Crippen MR) is 118 cm³/mol. The molecule has 2 aromatic rings. The summed E-state index contributed by atoms with van der Waals surface area (Å²) in [7, 11) is 0. The molecule has 1 saturated carbocycles. The normalized spacial score (nSPS) is 18.1. The fourth-order valence-corrected chi connectivity index (χ4v) is 5.34. The maximum Gasteiger partial charge on any atom is 0.290 e. The molecule has 2 heterocycles. The van der Waals surface area contributed by atoms with E-state index in [4.69, 9.17) is 4.42 Å². The van der Waals surface area contributed by atoms with Crippen molar-refractivity contribution >= 4 is 23.2 Å². The average Bonchev–Trinajstić information content (AvgIpc) is 3.55. The van der Waals surface area contributed by atoms with Gasteiger partial charge in [0.15, 0.2) is 5.76 Å². The Morgan fingerprint density at radius 2 is 2.03 bits per heavy atom. The van der Waals surface area contributed by atoms with Crippen LogP contribution < -0.4 is 5.32 Å². The van der Waals surface area contributed by atoms with Crippen LogP contribution in [0.2, 0.25) is 0 Å². The fourth-order valence-electron chi connectivity index (χ4n) is 4.51. The van der Waals surface area contributed by atoms with Crippen molar-refractivity contribution in [2.24, 2.45) is 0 Å². The van der Waals surface area contributed by atoms with Crippen molar-refractivity contribution in [3.63, 3.8) is 0 Å². The Balaban J connectivity index is 1.60. The molecule has 0 spiro atoms. The van der Waals surface area contributed by atoms with Crippen molar-refractivity contribution in [2.75, 3.05) is 6.54 Å². The molecule has 4 rings (SSSR count). The number of nitrogens with zero attached hydrogens (tertiary/aromatic N) is 1. The summed E-state index contributed by atoms with van der Waals surface area (Å²) < 4.78 is 5.41. The lowest BCUT2D eigenvalue weighted by Crippen LogP contribution is -2.46. The predicted octanol–water partition coefficient (Wildman–Crippen LogP) is 5.47. The van der Waals surface area contributed by atoms with Gasteiger partial charge in [0.2, 0.25) is 5.91 Å². The third-order valence-electron chi connectivity index (χ3n) is 6.13. The Morgan fingerprint density at radius 1 is 1.17 bits per heavy atom. The molecule has 1 fully saturated rings. The first-order chi connectivity index (χ1) is 14.7. The Morgan fingerprint density at radius 3 is 2.70 bits per heavy atom. The lowest BCUT2D eigenvalue weighted by atomic mass is 9.96. The first kappa shape index (κ1) is 20.9. The highest BCUT2D eigenvalue weighted by atomic mass is 32.1. The smallest absolute Gasteiger partial charge is 0.290 e. The SMILES string of the molecule is O=C(NC1CCCC1)[C@H](c1cccs1)N(CCC1=CCCCC1)C(=O)c1ccco1. The van der Waals surface area contributed by atoms with Crippen LogP contribution in [0.5, 0.6) is 0 Å². The highest BCUT2D eigenvalue weighted by Crippen LogP contribution is 2.30. The van der Waals surface area contributed by atoms with Crippen LogP contribution in [0.3, 0.4) is 0 Å². The summed E-state index contributed by atoms with van der Waals surface area (Å²) in [4.78, 5) is 29.4. The van der Waals surface area contributed by atoms with E-state index in [0.29, 0.717) is 6.54 Å². The second kappa shape index (κ2) is 10.1. The standard InChI is InChI=1S/C24H30N2O3S/c27-23(25-19-10-4-5-11-19)22(21-13-7-17-30-21)26(24(28)20-12-6-16-29-20)15-14-18-8-2-1-3-9-18/h6-8,12-13,16-17,19,22H,1-5,9-11,14-15H2,(H,25,27)/t22-/m0/s1. The van der Waals surface area contributed by atoms with Gasteiger partial charge in [0.05, 0.1) is 6.26 Å². The molecule has 0 aliphatic heterocycles.